The maximum Gasteiger partial charge on any atom is 0.254 e. The highest BCUT2D eigenvalue weighted by atomic mass is 16.5. The lowest BCUT2D eigenvalue weighted by atomic mass is 10.1. The Balaban J connectivity index is 1.72. The molecule has 0 spiro atoms. The molecule has 1 heterocycles. The largest absolute Gasteiger partial charge is 0.502 e. The molecule has 1 amide bonds. The number of nitrogens with zero attached hydrogens (tertiary/aromatic N) is 2. The number of anilines is 1. The van der Waals surface area contributed by atoms with Gasteiger partial charge in [0.15, 0.2) is 11.5 Å². The Bertz CT molecular complexity index is 715. The highest BCUT2D eigenvalue weighted by Gasteiger charge is 2.24. The van der Waals surface area contributed by atoms with Gasteiger partial charge in [0.05, 0.1) is 14.2 Å². The zero-order valence-corrected chi connectivity index (χ0v) is 14.4. The van der Waals surface area contributed by atoms with Crippen LogP contribution in [0.5, 0.6) is 17.2 Å². The SMILES string of the molecule is COc1cc(C(=O)N2CCN(c3ccccc3)CC2)cc(OC)c1O. The number of rotatable bonds is 4. The fourth-order valence-corrected chi connectivity index (χ4v) is 3.01. The highest BCUT2D eigenvalue weighted by Crippen LogP contribution is 2.37. The van der Waals surface area contributed by atoms with Crippen molar-refractivity contribution in [1.82, 2.24) is 4.90 Å². The van der Waals surface area contributed by atoms with Crippen molar-refractivity contribution in [2.24, 2.45) is 0 Å². The Kier molecular flexibility index (Phi) is 4.97. The minimum absolute atomic E-state index is 0.0932. The Labute approximate surface area is 147 Å². The molecule has 132 valence electrons. The maximum absolute atomic E-state index is 12.8. The van der Waals surface area contributed by atoms with Crippen LogP contribution in [-0.4, -0.2) is 56.3 Å². The first-order valence-corrected chi connectivity index (χ1v) is 8.18. The van der Waals surface area contributed by atoms with Crippen LogP contribution in [-0.2, 0) is 0 Å². The van der Waals surface area contributed by atoms with E-state index in [4.69, 9.17) is 9.47 Å². The van der Waals surface area contributed by atoms with Crippen LogP contribution in [0.4, 0.5) is 5.69 Å². The zero-order chi connectivity index (χ0) is 17.8. The molecule has 0 aromatic heterocycles. The van der Waals surface area contributed by atoms with Gasteiger partial charge in [0, 0.05) is 37.4 Å². The number of carbonyl (C=O) groups is 1. The Hall–Kier alpha value is -2.89. The fourth-order valence-electron chi connectivity index (χ4n) is 3.01. The standard InChI is InChI=1S/C19H22N2O4/c1-24-16-12-14(13-17(25-2)18(16)22)19(23)21-10-8-20(9-11-21)15-6-4-3-5-7-15/h3-7,12-13,22H,8-11H2,1-2H3. The summed E-state index contributed by atoms with van der Waals surface area (Å²) in [4.78, 5) is 16.9. The minimum atomic E-state index is -0.101. The van der Waals surface area contributed by atoms with E-state index in [0.717, 1.165) is 13.1 Å². The number of phenolic OH excluding ortho intramolecular Hbond substituents is 1. The maximum atomic E-state index is 12.8. The molecule has 1 aliphatic rings. The fraction of sp³-hybridized carbons (Fsp3) is 0.316. The molecule has 1 fully saturated rings. The molecule has 0 saturated carbocycles. The molecule has 6 heteroatoms. The van der Waals surface area contributed by atoms with Crippen LogP contribution in [0.2, 0.25) is 0 Å². The summed E-state index contributed by atoms with van der Waals surface area (Å²) in [5, 5.41) is 9.98. The summed E-state index contributed by atoms with van der Waals surface area (Å²) in [7, 11) is 2.89. The number of hydrogen-bond donors (Lipinski definition) is 1. The van der Waals surface area contributed by atoms with Crippen molar-refractivity contribution in [2.75, 3.05) is 45.3 Å². The van der Waals surface area contributed by atoms with Crippen LogP contribution in [0.15, 0.2) is 42.5 Å². The lowest BCUT2D eigenvalue weighted by Gasteiger charge is -2.36. The molecule has 0 unspecified atom stereocenters. The molecular weight excluding hydrogens is 320 g/mol. The number of methoxy groups -OCH3 is 2. The number of aromatic hydroxyl groups is 1. The van der Waals surface area contributed by atoms with Crippen LogP contribution in [0.25, 0.3) is 0 Å². The molecule has 0 atom stereocenters. The monoisotopic (exact) mass is 342 g/mol. The smallest absolute Gasteiger partial charge is 0.254 e. The molecule has 1 N–H and O–H groups in total. The second-order valence-corrected chi connectivity index (χ2v) is 5.84. The number of piperazine rings is 1. The van der Waals surface area contributed by atoms with E-state index in [-0.39, 0.29) is 23.2 Å². The Morgan fingerprint density at radius 3 is 2.04 bits per heavy atom. The molecule has 2 aromatic carbocycles. The van der Waals surface area contributed by atoms with Crippen LogP contribution in [0, 0.1) is 0 Å². The summed E-state index contributed by atoms with van der Waals surface area (Å²) in [5.41, 5.74) is 1.61. The summed E-state index contributed by atoms with van der Waals surface area (Å²) < 4.78 is 10.3. The summed E-state index contributed by atoms with van der Waals surface area (Å²) in [6.45, 7) is 2.84. The average Bonchev–Trinajstić information content (AvgIpc) is 2.68. The van der Waals surface area contributed by atoms with Gasteiger partial charge in [-0.15, -0.1) is 0 Å². The van der Waals surface area contributed by atoms with Crippen molar-refractivity contribution >= 4 is 11.6 Å². The van der Waals surface area contributed by atoms with Crippen LogP contribution in [0.1, 0.15) is 10.4 Å². The van der Waals surface area contributed by atoms with Gasteiger partial charge < -0.3 is 24.4 Å². The number of amides is 1. The van der Waals surface area contributed by atoms with Gasteiger partial charge >= 0.3 is 0 Å². The minimum Gasteiger partial charge on any atom is -0.502 e. The van der Waals surface area contributed by atoms with E-state index < -0.39 is 0 Å². The average molecular weight is 342 g/mol. The van der Waals surface area contributed by atoms with E-state index in [1.807, 2.05) is 23.1 Å². The number of benzene rings is 2. The van der Waals surface area contributed by atoms with Crippen LogP contribution < -0.4 is 14.4 Å². The van der Waals surface area contributed by atoms with E-state index in [1.165, 1.54) is 19.9 Å². The zero-order valence-electron chi connectivity index (χ0n) is 14.4. The molecule has 2 aromatic rings. The Morgan fingerprint density at radius 2 is 1.52 bits per heavy atom. The van der Waals surface area contributed by atoms with Crippen molar-refractivity contribution < 1.29 is 19.4 Å². The summed E-state index contributed by atoms with van der Waals surface area (Å²) in [6, 6.07) is 13.3. The van der Waals surface area contributed by atoms with E-state index in [0.29, 0.717) is 18.7 Å². The summed E-state index contributed by atoms with van der Waals surface area (Å²) in [6.07, 6.45) is 0. The third-order valence-electron chi connectivity index (χ3n) is 4.41. The third kappa shape index (κ3) is 3.47. The first-order valence-electron chi connectivity index (χ1n) is 8.18. The molecular formula is C19H22N2O4. The van der Waals surface area contributed by atoms with Gasteiger partial charge in [-0.2, -0.15) is 0 Å². The first kappa shape index (κ1) is 17.0. The van der Waals surface area contributed by atoms with E-state index in [2.05, 4.69) is 17.0 Å². The first-order chi connectivity index (χ1) is 12.1. The second-order valence-electron chi connectivity index (χ2n) is 5.84. The number of ether oxygens (including phenoxy) is 2. The highest BCUT2D eigenvalue weighted by molar-refractivity contribution is 5.95. The molecule has 1 saturated heterocycles. The van der Waals surface area contributed by atoms with Crippen molar-refractivity contribution in [3.8, 4) is 17.2 Å². The molecule has 0 bridgehead atoms. The van der Waals surface area contributed by atoms with Gasteiger partial charge in [-0.1, -0.05) is 18.2 Å². The van der Waals surface area contributed by atoms with Crippen LogP contribution in [0.3, 0.4) is 0 Å². The van der Waals surface area contributed by atoms with E-state index in [1.54, 1.807) is 12.1 Å². The molecule has 1 aliphatic heterocycles. The topological polar surface area (TPSA) is 62.2 Å². The normalized spacial score (nSPS) is 14.3. The van der Waals surface area contributed by atoms with E-state index >= 15 is 0 Å². The number of phenols is 1. The summed E-state index contributed by atoms with van der Waals surface area (Å²) in [5.74, 6) is 0.260. The quantitative estimate of drug-likeness (QED) is 0.924. The molecule has 0 aliphatic carbocycles. The molecule has 3 rings (SSSR count). The van der Waals surface area contributed by atoms with Gasteiger partial charge in [-0.05, 0) is 24.3 Å². The van der Waals surface area contributed by atoms with Crippen molar-refractivity contribution in [3.05, 3.63) is 48.0 Å². The lowest BCUT2D eigenvalue weighted by Crippen LogP contribution is -2.48. The number of carbonyl (C=O) groups excluding carboxylic acids is 1. The molecule has 6 nitrogen and oxygen atoms in total. The predicted octanol–water partition coefficient (Wildman–Crippen LogP) is 2.37. The van der Waals surface area contributed by atoms with Gasteiger partial charge in [0.2, 0.25) is 5.75 Å². The van der Waals surface area contributed by atoms with Gasteiger partial charge in [0.25, 0.3) is 5.91 Å². The van der Waals surface area contributed by atoms with Gasteiger partial charge in [-0.3, -0.25) is 4.79 Å². The van der Waals surface area contributed by atoms with Gasteiger partial charge in [-0.25, -0.2) is 0 Å². The van der Waals surface area contributed by atoms with Crippen molar-refractivity contribution in [2.45, 2.75) is 0 Å². The van der Waals surface area contributed by atoms with E-state index in [9.17, 15) is 9.90 Å². The molecule has 25 heavy (non-hydrogen) atoms. The molecule has 0 radical (unpaired) electrons. The van der Waals surface area contributed by atoms with Crippen LogP contribution >= 0.6 is 0 Å². The van der Waals surface area contributed by atoms with Gasteiger partial charge in [0.1, 0.15) is 0 Å². The van der Waals surface area contributed by atoms with Crippen molar-refractivity contribution in [3.63, 3.8) is 0 Å². The Morgan fingerprint density at radius 1 is 0.960 bits per heavy atom. The number of para-hydroxylation sites is 1. The third-order valence-corrected chi connectivity index (χ3v) is 4.41. The van der Waals surface area contributed by atoms with Crippen molar-refractivity contribution in [1.29, 1.82) is 0 Å². The summed E-state index contributed by atoms with van der Waals surface area (Å²) >= 11 is 0. The number of hydrogen-bond acceptors (Lipinski definition) is 5. The lowest BCUT2D eigenvalue weighted by molar-refractivity contribution is 0.0746. The predicted molar refractivity (Wildman–Crippen MR) is 95.8 cm³/mol. The second kappa shape index (κ2) is 7.34.